The van der Waals surface area contributed by atoms with E-state index < -0.39 is 10.0 Å². The number of hydrogen-bond donors (Lipinski definition) is 0. The van der Waals surface area contributed by atoms with Crippen LogP contribution in [0.1, 0.15) is 48.1 Å². The number of aromatic nitrogens is 2. The minimum atomic E-state index is -3.32. The van der Waals surface area contributed by atoms with Gasteiger partial charge in [0.05, 0.1) is 20.0 Å². The van der Waals surface area contributed by atoms with Crippen molar-refractivity contribution in [3.05, 3.63) is 83.4 Å². The molecule has 1 heterocycles. The van der Waals surface area contributed by atoms with E-state index in [1.54, 1.807) is 33.5 Å². The normalized spacial score (nSPS) is 10.4. The lowest BCUT2D eigenvalue weighted by Gasteiger charge is -2.22. The molecule has 8 nitrogen and oxygen atoms in total. The second-order valence-electron chi connectivity index (χ2n) is 7.10. The maximum absolute atomic E-state index is 12.4. The van der Waals surface area contributed by atoms with Gasteiger partial charge in [-0.05, 0) is 54.8 Å². The van der Waals surface area contributed by atoms with E-state index in [0.717, 1.165) is 28.2 Å². The molecule has 0 amide bonds. The molecule has 35 heavy (non-hydrogen) atoms. The first-order chi connectivity index (χ1) is 16.8. The molecule has 1 aromatic heterocycles. The van der Waals surface area contributed by atoms with Crippen molar-refractivity contribution < 1.29 is 22.7 Å². The smallest absolute Gasteiger partial charge is 0.214 e. The minimum absolute atomic E-state index is 0.0688. The van der Waals surface area contributed by atoms with E-state index in [2.05, 4.69) is 9.97 Å². The predicted octanol–water partition coefficient (Wildman–Crippen LogP) is 4.68. The maximum Gasteiger partial charge on any atom is 0.214 e. The highest BCUT2D eigenvalue weighted by Crippen LogP contribution is 2.19. The van der Waals surface area contributed by atoms with Gasteiger partial charge in [-0.1, -0.05) is 38.1 Å². The van der Waals surface area contributed by atoms with Gasteiger partial charge in [0.1, 0.15) is 11.5 Å². The van der Waals surface area contributed by atoms with E-state index in [1.807, 2.05) is 69.3 Å². The van der Waals surface area contributed by atoms with Crippen molar-refractivity contribution in [3.8, 4) is 11.5 Å². The molecule has 2 aromatic carbocycles. The number of carbonyl (C=O) groups is 1. The molecule has 0 spiro atoms. The third-order valence-electron chi connectivity index (χ3n) is 4.70. The molecule has 0 saturated carbocycles. The molecule has 190 valence electrons. The molecule has 0 aliphatic carbocycles. The average molecular weight is 502 g/mol. The van der Waals surface area contributed by atoms with Crippen LogP contribution in [-0.4, -0.2) is 48.9 Å². The van der Waals surface area contributed by atoms with Crippen LogP contribution < -0.4 is 9.47 Å². The summed E-state index contributed by atoms with van der Waals surface area (Å²) in [6.45, 7) is 8.18. The molecule has 0 atom stereocenters. The Morgan fingerprint density at radius 3 is 1.54 bits per heavy atom. The summed E-state index contributed by atoms with van der Waals surface area (Å²) in [7, 11) is -0.110. The second kappa shape index (κ2) is 15.6. The summed E-state index contributed by atoms with van der Waals surface area (Å²) < 4.78 is 36.6. The predicted molar refractivity (Wildman–Crippen MR) is 138 cm³/mol. The molecule has 0 aliphatic heterocycles. The zero-order valence-corrected chi connectivity index (χ0v) is 22.1. The van der Waals surface area contributed by atoms with E-state index in [1.165, 1.54) is 4.31 Å². The van der Waals surface area contributed by atoms with Crippen molar-refractivity contribution >= 4 is 16.3 Å². The Bertz CT molecular complexity index is 1050. The van der Waals surface area contributed by atoms with Crippen LogP contribution in [-0.2, 0) is 23.1 Å². The summed E-state index contributed by atoms with van der Waals surface area (Å²) in [6.07, 6.45) is 3.84. The summed E-state index contributed by atoms with van der Waals surface area (Å²) in [5.41, 5.74) is 2.79. The molecule has 0 radical (unpaired) electrons. The number of rotatable bonds is 9. The van der Waals surface area contributed by atoms with Crippen LogP contribution in [0.25, 0.3) is 0 Å². The molecule has 0 bridgehead atoms. The topological polar surface area (TPSA) is 98.7 Å². The summed E-state index contributed by atoms with van der Waals surface area (Å²) >= 11 is 0. The highest BCUT2D eigenvalue weighted by Gasteiger charge is 2.20. The lowest BCUT2D eigenvalue weighted by atomic mass is 10.2. The number of benzene rings is 2. The van der Waals surface area contributed by atoms with E-state index in [-0.39, 0.29) is 11.6 Å². The van der Waals surface area contributed by atoms with Gasteiger partial charge in [-0.2, -0.15) is 4.31 Å². The summed E-state index contributed by atoms with van der Waals surface area (Å²) in [4.78, 5) is 17.4. The van der Waals surface area contributed by atoms with Crippen LogP contribution in [0.5, 0.6) is 11.5 Å². The lowest BCUT2D eigenvalue weighted by Crippen LogP contribution is -2.31. The number of aryl methyl sites for hydroxylation is 1. The van der Waals surface area contributed by atoms with Gasteiger partial charge in [-0.15, -0.1) is 0 Å². The third kappa shape index (κ3) is 10.2. The van der Waals surface area contributed by atoms with E-state index in [0.29, 0.717) is 19.4 Å². The van der Waals surface area contributed by atoms with Crippen LogP contribution >= 0.6 is 0 Å². The SMILES string of the molecule is CC.CCS(=O)(=O)N(Cc1ccc(OC)cc1)Cc1ccc(OC)cc1.Cc1cnc(C=O)nc1. The quantitative estimate of drug-likeness (QED) is 0.393. The number of aldehydes is 1. The fourth-order valence-corrected chi connectivity index (χ4v) is 3.82. The zero-order valence-electron chi connectivity index (χ0n) is 21.3. The highest BCUT2D eigenvalue weighted by molar-refractivity contribution is 7.89. The number of hydrogen-bond acceptors (Lipinski definition) is 7. The molecule has 3 rings (SSSR count). The largest absolute Gasteiger partial charge is 0.497 e. The lowest BCUT2D eigenvalue weighted by molar-refractivity contribution is 0.111. The molecule has 0 fully saturated rings. The van der Waals surface area contributed by atoms with Crippen LogP contribution in [0.2, 0.25) is 0 Å². The van der Waals surface area contributed by atoms with E-state index >= 15 is 0 Å². The first-order valence-corrected chi connectivity index (χ1v) is 12.9. The zero-order chi connectivity index (χ0) is 26.3. The number of ether oxygens (including phenoxy) is 2. The number of nitrogens with zero attached hydrogens (tertiary/aromatic N) is 3. The second-order valence-corrected chi connectivity index (χ2v) is 9.36. The Labute approximate surface area is 209 Å². The summed E-state index contributed by atoms with van der Waals surface area (Å²) in [5.74, 6) is 1.80. The molecule has 3 aromatic rings. The first kappa shape index (κ1) is 29.7. The molecular formula is C26H35N3O5S. The van der Waals surface area contributed by atoms with Crippen molar-refractivity contribution in [2.45, 2.75) is 40.8 Å². The van der Waals surface area contributed by atoms with Gasteiger partial charge in [0.25, 0.3) is 0 Å². The molecule has 0 aliphatic rings. The van der Waals surface area contributed by atoms with Gasteiger partial charge in [-0.25, -0.2) is 18.4 Å². The van der Waals surface area contributed by atoms with Crippen molar-refractivity contribution in [2.75, 3.05) is 20.0 Å². The molecule has 0 unspecified atom stereocenters. The fraction of sp³-hybridized carbons (Fsp3) is 0.346. The van der Waals surface area contributed by atoms with Crippen molar-refractivity contribution in [1.82, 2.24) is 14.3 Å². The van der Waals surface area contributed by atoms with Crippen LogP contribution in [0, 0.1) is 6.92 Å². The number of carbonyl (C=O) groups excluding carboxylic acids is 1. The van der Waals surface area contributed by atoms with Crippen molar-refractivity contribution in [2.24, 2.45) is 0 Å². The number of sulfonamides is 1. The van der Waals surface area contributed by atoms with Gasteiger partial charge in [-0.3, -0.25) is 4.79 Å². The standard InChI is InChI=1S/C18H23NO4S.C6H6N2O.C2H6/c1-4-24(20,21)19(13-15-5-9-17(22-2)10-6-15)14-16-7-11-18(23-3)12-8-16;1-5-2-7-6(4-9)8-3-5;1-2/h5-12H,4,13-14H2,1-3H3;2-4H,1H3;1-2H3. The van der Waals surface area contributed by atoms with Crippen molar-refractivity contribution in [1.29, 1.82) is 0 Å². The Kier molecular flexibility index (Phi) is 13.2. The van der Waals surface area contributed by atoms with E-state index in [4.69, 9.17) is 9.47 Å². The Hall–Kier alpha value is -3.30. The molecule has 9 heteroatoms. The first-order valence-electron chi connectivity index (χ1n) is 11.3. The highest BCUT2D eigenvalue weighted by atomic mass is 32.2. The Morgan fingerprint density at radius 1 is 0.829 bits per heavy atom. The maximum atomic E-state index is 12.4. The Morgan fingerprint density at radius 2 is 1.23 bits per heavy atom. The van der Waals surface area contributed by atoms with Crippen LogP contribution in [0.15, 0.2) is 60.9 Å². The number of methoxy groups -OCH3 is 2. The molecular weight excluding hydrogens is 466 g/mol. The monoisotopic (exact) mass is 501 g/mol. The minimum Gasteiger partial charge on any atom is -0.497 e. The average Bonchev–Trinajstić information content (AvgIpc) is 2.91. The van der Waals surface area contributed by atoms with E-state index in [9.17, 15) is 13.2 Å². The van der Waals surface area contributed by atoms with Crippen LogP contribution in [0.3, 0.4) is 0 Å². The third-order valence-corrected chi connectivity index (χ3v) is 6.48. The van der Waals surface area contributed by atoms with Gasteiger partial charge >= 0.3 is 0 Å². The van der Waals surface area contributed by atoms with Crippen molar-refractivity contribution in [3.63, 3.8) is 0 Å². The fourth-order valence-electron chi connectivity index (χ4n) is 2.77. The molecule has 0 N–H and O–H groups in total. The van der Waals surface area contributed by atoms with Gasteiger partial charge < -0.3 is 9.47 Å². The van der Waals surface area contributed by atoms with Crippen LogP contribution in [0.4, 0.5) is 0 Å². The molecule has 0 saturated heterocycles. The Balaban J connectivity index is 0.000000464. The summed E-state index contributed by atoms with van der Waals surface area (Å²) in [6, 6.07) is 14.9. The summed E-state index contributed by atoms with van der Waals surface area (Å²) in [5, 5.41) is 0. The van der Waals surface area contributed by atoms with Gasteiger partial charge in [0.2, 0.25) is 10.0 Å². The van der Waals surface area contributed by atoms with Gasteiger partial charge in [0.15, 0.2) is 12.1 Å². The van der Waals surface area contributed by atoms with Gasteiger partial charge in [0, 0.05) is 25.5 Å².